The van der Waals surface area contributed by atoms with E-state index in [4.69, 9.17) is 28.0 Å². The molecule has 1 amide bonds. The van der Waals surface area contributed by atoms with Gasteiger partial charge in [0.25, 0.3) is 5.91 Å². The summed E-state index contributed by atoms with van der Waals surface area (Å²) in [5.74, 6) is -0.256. The molecule has 0 aliphatic rings. The van der Waals surface area contributed by atoms with Crippen LogP contribution in [-0.2, 0) is 16.2 Å². The molecule has 0 saturated heterocycles. The molecular weight excluding hydrogens is 323 g/mol. The van der Waals surface area contributed by atoms with Gasteiger partial charge in [0.2, 0.25) is 0 Å². The second-order valence-electron chi connectivity index (χ2n) is 4.47. The molecule has 0 spiro atoms. The van der Waals surface area contributed by atoms with E-state index >= 15 is 0 Å². The Hall–Kier alpha value is -2.04. The third kappa shape index (κ3) is 5.76. The SMILES string of the molecule is O=C(CO/N=C/c1ccc(Cl)cc1)NCc1cccc(Cl)c1. The first kappa shape index (κ1) is 16.3. The van der Waals surface area contributed by atoms with Crippen LogP contribution in [-0.4, -0.2) is 18.7 Å². The summed E-state index contributed by atoms with van der Waals surface area (Å²) in [6.07, 6.45) is 1.51. The second kappa shape index (κ2) is 8.41. The number of carbonyl (C=O) groups excluding carboxylic acids is 1. The molecule has 2 aromatic rings. The fourth-order valence-electron chi connectivity index (χ4n) is 1.64. The van der Waals surface area contributed by atoms with Crippen LogP contribution >= 0.6 is 23.2 Å². The normalized spacial score (nSPS) is 10.6. The highest BCUT2D eigenvalue weighted by Gasteiger charge is 2.01. The van der Waals surface area contributed by atoms with Crippen molar-refractivity contribution in [3.63, 3.8) is 0 Å². The zero-order valence-electron chi connectivity index (χ0n) is 11.6. The second-order valence-corrected chi connectivity index (χ2v) is 5.34. The summed E-state index contributed by atoms with van der Waals surface area (Å²) in [7, 11) is 0. The molecule has 0 radical (unpaired) electrons. The first-order chi connectivity index (χ1) is 10.6. The predicted molar refractivity (Wildman–Crippen MR) is 88.3 cm³/mol. The quantitative estimate of drug-likeness (QED) is 0.646. The Bertz CT molecular complexity index is 657. The molecule has 0 unspecified atom stereocenters. The molecular formula is C16H14Cl2N2O2. The fourth-order valence-corrected chi connectivity index (χ4v) is 1.98. The van der Waals surface area contributed by atoms with E-state index < -0.39 is 0 Å². The minimum atomic E-state index is -0.256. The Morgan fingerprint density at radius 1 is 1.14 bits per heavy atom. The summed E-state index contributed by atoms with van der Waals surface area (Å²) in [5, 5.41) is 7.73. The third-order valence-corrected chi connectivity index (χ3v) is 3.21. The average molecular weight is 337 g/mol. The zero-order valence-corrected chi connectivity index (χ0v) is 13.1. The van der Waals surface area contributed by atoms with Crippen LogP contribution in [0, 0.1) is 0 Å². The number of rotatable bonds is 6. The van der Waals surface area contributed by atoms with Crippen LogP contribution in [0.1, 0.15) is 11.1 Å². The lowest BCUT2D eigenvalue weighted by Gasteiger charge is -2.04. The van der Waals surface area contributed by atoms with Crippen molar-refractivity contribution in [1.29, 1.82) is 0 Å². The molecule has 0 aliphatic heterocycles. The Morgan fingerprint density at radius 3 is 2.64 bits per heavy atom. The molecule has 1 N–H and O–H groups in total. The number of hydrogen-bond donors (Lipinski definition) is 1. The van der Waals surface area contributed by atoms with Crippen molar-refractivity contribution in [3.8, 4) is 0 Å². The first-order valence-corrected chi connectivity index (χ1v) is 7.31. The maximum atomic E-state index is 11.6. The van der Waals surface area contributed by atoms with Crippen LogP contribution in [0.25, 0.3) is 0 Å². The molecule has 4 nitrogen and oxygen atoms in total. The molecule has 114 valence electrons. The summed E-state index contributed by atoms with van der Waals surface area (Å²) < 4.78 is 0. The third-order valence-electron chi connectivity index (χ3n) is 2.72. The lowest BCUT2D eigenvalue weighted by Crippen LogP contribution is -2.26. The van der Waals surface area contributed by atoms with E-state index in [0.29, 0.717) is 16.6 Å². The van der Waals surface area contributed by atoms with Crippen molar-refractivity contribution >= 4 is 35.3 Å². The van der Waals surface area contributed by atoms with E-state index in [9.17, 15) is 4.79 Å². The monoisotopic (exact) mass is 336 g/mol. The van der Waals surface area contributed by atoms with Gasteiger partial charge in [0.15, 0.2) is 6.61 Å². The smallest absolute Gasteiger partial charge is 0.261 e. The maximum absolute atomic E-state index is 11.6. The lowest BCUT2D eigenvalue weighted by atomic mass is 10.2. The topological polar surface area (TPSA) is 50.7 Å². The van der Waals surface area contributed by atoms with Crippen LogP contribution in [0.5, 0.6) is 0 Å². The standard InChI is InChI=1S/C16H14Cl2N2O2/c17-14-6-4-12(5-7-14)10-20-22-11-16(21)19-9-13-2-1-3-15(18)8-13/h1-8,10H,9,11H2,(H,19,21)/b20-10+. The zero-order chi connectivity index (χ0) is 15.8. The van der Waals surface area contributed by atoms with E-state index in [0.717, 1.165) is 11.1 Å². The van der Waals surface area contributed by atoms with E-state index in [2.05, 4.69) is 10.5 Å². The van der Waals surface area contributed by atoms with E-state index in [1.807, 2.05) is 12.1 Å². The van der Waals surface area contributed by atoms with Gasteiger partial charge in [-0.05, 0) is 35.4 Å². The molecule has 0 atom stereocenters. The fraction of sp³-hybridized carbons (Fsp3) is 0.125. The molecule has 0 heterocycles. The molecule has 22 heavy (non-hydrogen) atoms. The van der Waals surface area contributed by atoms with Crippen molar-refractivity contribution in [1.82, 2.24) is 5.32 Å². The Balaban J connectivity index is 1.70. The summed E-state index contributed by atoms with van der Waals surface area (Å²) in [5.41, 5.74) is 1.76. The number of benzene rings is 2. The predicted octanol–water partition coefficient (Wildman–Crippen LogP) is 3.66. The maximum Gasteiger partial charge on any atom is 0.261 e. The molecule has 0 aromatic heterocycles. The van der Waals surface area contributed by atoms with Crippen LogP contribution in [0.2, 0.25) is 10.0 Å². The summed E-state index contributed by atoms with van der Waals surface area (Å²) in [6.45, 7) is 0.244. The Labute approximate surface area is 138 Å². The number of hydrogen-bond acceptors (Lipinski definition) is 3. The van der Waals surface area contributed by atoms with Crippen LogP contribution in [0.3, 0.4) is 0 Å². The average Bonchev–Trinajstić information content (AvgIpc) is 2.51. The van der Waals surface area contributed by atoms with Gasteiger partial charge in [-0.15, -0.1) is 0 Å². The molecule has 0 aliphatic carbocycles. The highest BCUT2D eigenvalue weighted by Crippen LogP contribution is 2.10. The number of nitrogens with one attached hydrogen (secondary N) is 1. The van der Waals surface area contributed by atoms with Crippen LogP contribution in [0.4, 0.5) is 0 Å². The van der Waals surface area contributed by atoms with Gasteiger partial charge in [-0.25, -0.2) is 0 Å². The number of oxime groups is 1. The van der Waals surface area contributed by atoms with Crippen molar-refractivity contribution in [3.05, 3.63) is 69.7 Å². The molecule has 6 heteroatoms. The Morgan fingerprint density at radius 2 is 1.91 bits per heavy atom. The summed E-state index contributed by atoms with van der Waals surface area (Å²) in [6, 6.07) is 14.4. The molecule has 2 aromatic carbocycles. The molecule has 2 rings (SSSR count). The Kier molecular flexibility index (Phi) is 6.25. The minimum Gasteiger partial charge on any atom is -0.386 e. The number of carbonyl (C=O) groups is 1. The van der Waals surface area contributed by atoms with Gasteiger partial charge in [0.05, 0.1) is 6.21 Å². The highest BCUT2D eigenvalue weighted by molar-refractivity contribution is 6.30. The van der Waals surface area contributed by atoms with Gasteiger partial charge in [-0.1, -0.05) is 52.6 Å². The van der Waals surface area contributed by atoms with E-state index in [-0.39, 0.29) is 12.5 Å². The molecule has 0 saturated carbocycles. The van der Waals surface area contributed by atoms with Gasteiger partial charge in [0, 0.05) is 16.6 Å². The minimum absolute atomic E-state index is 0.148. The van der Waals surface area contributed by atoms with Crippen molar-refractivity contribution in [2.24, 2.45) is 5.16 Å². The lowest BCUT2D eigenvalue weighted by molar-refractivity contribution is -0.125. The van der Waals surface area contributed by atoms with Crippen LogP contribution < -0.4 is 5.32 Å². The van der Waals surface area contributed by atoms with Gasteiger partial charge in [0.1, 0.15) is 0 Å². The van der Waals surface area contributed by atoms with Gasteiger partial charge in [-0.3, -0.25) is 4.79 Å². The van der Waals surface area contributed by atoms with E-state index in [1.54, 1.807) is 36.4 Å². The summed E-state index contributed by atoms with van der Waals surface area (Å²) >= 11 is 11.6. The van der Waals surface area contributed by atoms with Crippen LogP contribution in [0.15, 0.2) is 53.7 Å². The van der Waals surface area contributed by atoms with Crippen molar-refractivity contribution in [2.45, 2.75) is 6.54 Å². The van der Waals surface area contributed by atoms with Crippen molar-refractivity contribution < 1.29 is 9.63 Å². The van der Waals surface area contributed by atoms with Gasteiger partial charge in [-0.2, -0.15) is 0 Å². The van der Waals surface area contributed by atoms with Gasteiger partial charge >= 0.3 is 0 Å². The number of amides is 1. The van der Waals surface area contributed by atoms with Gasteiger partial charge < -0.3 is 10.2 Å². The van der Waals surface area contributed by atoms with E-state index in [1.165, 1.54) is 6.21 Å². The first-order valence-electron chi connectivity index (χ1n) is 6.55. The largest absolute Gasteiger partial charge is 0.386 e. The molecule has 0 fully saturated rings. The van der Waals surface area contributed by atoms with Crippen molar-refractivity contribution in [2.75, 3.05) is 6.61 Å². The number of nitrogens with zero attached hydrogens (tertiary/aromatic N) is 1. The number of halogens is 2. The highest BCUT2D eigenvalue weighted by atomic mass is 35.5. The summed E-state index contributed by atoms with van der Waals surface area (Å²) in [4.78, 5) is 16.5. The molecule has 0 bridgehead atoms.